The highest BCUT2D eigenvalue weighted by molar-refractivity contribution is 5.88. The quantitative estimate of drug-likeness (QED) is 0.311. The maximum Gasteiger partial charge on any atom is 0.190 e. The standard InChI is InChI=1S/C29H35F4N3O3/c1-35(2)26-17-34-25-5-4-20(38-3)16-21(25)27(26)22(31)6-7-29(18-37)8-10-36(11-9-29)12-13-39-28-23(32)14-19(30)15-24(28)33/h4-5,14-17,22,37H,6-13,18H2,1-3H3. The van der Waals surface area contributed by atoms with Gasteiger partial charge < -0.3 is 19.5 Å². The Labute approximate surface area is 226 Å². The topological polar surface area (TPSA) is 58.1 Å². The van der Waals surface area contributed by atoms with Crippen molar-refractivity contribution in [3.63, 3.8) is 0 Å². The molecule has 0 bridgehead atoms. The SMILES string of the molecule is COc1ccc2ncc(N(C)C)c(C(F)CCC3(CO)CCN(CCOc4c(F)cc(F)cc4F)CC3)c2c1. The molecule has 39 heavy (non-hydrogen) atoms. The summed E-state index contributed by atoms with van der Waals surface area (Å²) < 4.78 is 67.3. The van der Waals surface area contributed by atoms with Gasteiger partial charge in [-0.1, -0.05) is 0 Å². The third-order valence-corrected chi connectivity index (χ3v) is 7.69. The van der Waals surface area contributed by atoms with Crippen LogP contribution in [0, 0.1) is 22.9 Å². The number of halogens is 4. The highest BCUT2D eigenvalue weighted by Gasteiger charge is 2.35. The first-order chi connectivity index (χ1) is 18.7. The Morgan fingerprint density at radius 3 is 2.41 bits per heavy atom. The van der Waals surface area contributed by atoms with E-state index >= 15 is 4.39 Å². The number of ether oxygens (including phenoxy) is 2. The maximum atomic E-state index is 16.0. The number of likely N-dealkylation sites (tertiary alicyclic amines) is 1. The van der Waals surface area contributed by atoms with E-state index < -0.39 is 34.8 Å². The minimum Gasteiger partial charge on any atom is -0.497 e. The fourth-order valence-corrected chi connectivity index (χ4v) is 5.25. The number of hydrogen-bond donors (Lipinski definition) is 1. The first kappa shape index (κ1) is 28.9. The van der Waals surface area contributed by atoms with Crippen molar-refractivity contribution in [1.29, 1.82) is 0 Å². The van der Waals surface area contributed by atoms with Gasteiger partial charge in [-0.25, -0.2) is 17.6 Å². The number of benzene rings is 2. The van der Waals surface area contributed by atoms with Crippen LogP contribution in [0.5, 0.6) is 11.5 Å². The molecule has 2 heterocycles. The van der Waals surface area contributed by atoms with Gasteiger partial charge in [0, 0.05) is 50.3 Å². The zero-order valence-electron chi connectivity index (χ0n) is 22.5. The summed E-state index contributed by atoms with van der Waals surface area (Å²) in [5.41, 5.74) is 1.53. The van der Waals surface area contributed by atoms with Crippen LogP contribution in [0.15, 0.2) is 36.5 Å². The lowest BCUT2D eigenvalue weighted by molar-refractivity contribution is 0.0263. The van der Waals surface area contributed by atoms with Gasteiger partial charge in [0.25, 0.3) is 0 Å². The van der Waals surface area contributed by atoms with Gasteiger partial charge in [-0.2, -0.15) is 0 Å². The Bertz CT molecular complexity index is 1260. The van der Waals surface area contributed by atoms with Gasteiger partial charge in [-0.3, -0.25) is 9.88 Å². The van der Waals surface area contributed by atoms with Crippen molar-refractivity contribution in [2.75, 3.05) is 59.0 Å². The number of nitrogens with zero attached hydrogens (tertiary/aromatic N) is 3. The van der Waals surface area contributed by atoms with Crippen LogP contribution in [0.25, 0.3) is 10.9 Å². The predicted molar refractivity (Wildman–Crippen MR) is 143 cm³/mol. The number of anilines is 1. The number of alkyl halides is 1. The zero-order valence-corrected chi connectivity index (χ0v) is 22.5. The molecule has 0 amide bonds. The summed E-state index contributed by atoms with van der Waals surface area (Å²) in [5.74, 6) is -3.13. The number of hydrogen-bond acceptors (Lipinski definition) is 6. The van der Waals surface area contributed by atoms with Crippen molar-refractivity contribution in [3.8, 4) is 11.5 Å². The van der Waals surface area contributed by atoms with Crippen molar-refractivity contribution < 1.29 is 32.1 Å². The second-order valence-electron chi connectivity index (χ2n) is 10.4. The molecule has 1 N–H and O–H groups in total. The Kier molecular flexibility index (Phi) is 9.17. The van der Waals surface area contributed by atoms with Crippen LogP contribution in [0.1, 0.15) is 37.4 Å². The van der Waals surface area contributed by atoms with E-state index in [4.69, 9.17) is 9.47 Å². The molecule has 3 aromatic rings. The number of aliphatic hydroxyl groups is 1. The smallest absolute Gasteiger partial charge is 0.190 e. The molecule has 4 rings (SSSR count). The molecule has 1 saturated heterocycles. The highest BCUT2D eigenvalue weighted by atomic mass is 19.1. The third-order valence-electron chi connectivity index (χ3n) is 7.69. The number of piperidine rings is 1. The first-order valence-electron chi connectivity index (χ1n) is 13.0. The van der Waals surface area contributed by atoms with Crippen molar-refractivity contribution in [3.05, 3.63) is 59.5 Å². The van der Waals surface area contributed by atoms with Crippen LogP contribution >= 0.6 is 0 Å². The van der Waals surface area contributed by atoms with E-state index in [1.54, 1.807) is 19.4 Å². The molecule has 1 aliphatic rings. The average molecular weight is 550 g/mol. The van der Waals surface area contributed by atoms with Gasteiger partial charge in [0.1, 0.15) is 24.3 Å². The molecule has 1 aromatic heterocycles. The summed E-state index contributed by atoms with van der Waals surface area (Å²) >= 11 is 0. The van der Waals surface area contributed by atoms with Crippen molar-refractivity contribution in [2.45, 2.75) is 31.9 Å². The summed E-state index contributed by atoms with van der Waals surface area (Å²) in [6, 6.07) is 6.59. The number of fused-ring (bicyclic) bond motifs is 1. The van der Waals surface area contributed by atoms with Crippen molar-refractivity contribution in [1.82, 2.24) is 9.88 Å². The summed E-state index contributed by atoms with van der Waals surface area (Å²) in [6.07, 6.45) is 2.46. The fraction of sp³-hybridized carbons (Fsp3) is 0.483. The Morgan fingerprint density at radius 1 is 1.10 bits per heavy atom. The minimum absolute atomic E-state index is 0.0318. The zero-order chi connectivity index (χ0) is 28.2. The number of rotatable bonds is 11. The van der Waals surface area contributed by atoms with Gasteiger partial charge in [0.2, 0.25) is 0 Å². The van der Waals surface area contributed by atoms with E-state index in [1.165, 1.54) is 0 Å². The first-order valence-corrected chi connectivity index (χ1v) is 13.0. The second-order valence-corrected chi connectivity index (χ2v) is 10.4. The van der Waals surface area contributed by atoms with Crippen LogP contribution in [0.2, 0.25) is 0 Å². The van der Waals surface area contributed by atoms with Gasteiger partial charge >= 0.3 is 0 Å². The Balaban J connectivity index is 1.38. The van der Waals surface area contributed by atoms with E-state index in [0.29, 0.717) is 78.9 Å². The number of pyridine rings is 1. The van der Waals surface area contributed by atoms with Gasteiger partial charge in [-0.05, 0) is 62.4 Å². The lowest BCUT2D eigenvalue weighted by atomic mass is 9.74. The van der Waals surface area contributed by atoms with E-state index in [9.17, 15) is 18.3 Å². The molecular weight excluding hydrogens is 514 g/mol. The maximum absolute atomic E-state index is 16.0. The monoisotopic (exact) mass is 549 g/mol. The molecule has 10 heteroatoms. The molecule has 0 radical (unpaired) electrons. The van der Waals surface area contributed by atoms with Crippen LogP contribution in [-0.4, -0.2) is 69.0 Å². The molecule has 0 aliphatic carbocycles. The molecule has 212 valence electrons. The Morgan fingerprint density at radius 2 is 1.79 bits per heavy atom. The number of methoxy groups -OCH3 is 1. The van der Waals surface area contributed by atoms with E-state index in [0.717, 1.165) is 0 Å². The fourth-order valence-electron chi connectivity index (χ4n) is 5.25. The van der Waals surface area contributed by atoms with Crippen LogP contribution in [0.4, 0.5) is 23.2 Å². The second kappa shape index (κ2) is 12.4. The van der Waals surface area contributed by atoms with E-state index in [1.807, 2.05) is 31.1 Å². The van der Waals surface area contributed by atoms with E-state index in [-0.39, 0.29) is 19.6 Å². The predicted octanol–water partition coefficient (Wildman–Crippen LogP) is 5.67. The number of aliphatic hydroxyl groups excluding tert-OH is 1. The molecule has 1 atom stereocenters. The Hall–Kier alpha value is -3.11. The molecule has 1 fully saturated rings. The lowest BCUT2D eigenvalue weighted by Gasteiger charge is -2.41. The molecule has 2 aromatic carbocycles. The molecule has 0 saturated carbocycles. The lowest BCUT2D eigenvalue weighted by Crippen LogP contribution is -2.43. The van der Waals surface area contributed by atoms with Crippen molar-refractivity contribution >= 4 is 16.6 Å². The number of aromatic nitrogens is 1. The summed E-state index contributed by atoms with van der Waals surface area (Å²) in [6.45, 7) is 1.66. The molecular formula is C29H35F4N3O3. The van der Waals surface area contributed by atoms with Gasteiger partial charge in [0.15, 0.2) is 17.4 Å². The third kappa shape index (κ3) is 6.55. The van der Waals surface area contributed by atoms with Gasteiger partial charge in [0.05, 0.1) is 24.5 Å². The largest absolute Gasteiger partial charge is 0.497 e. The minimum atomic E-state index is -1.27. The average Bonchev–Trinajstić information content (AvgIpc) is 2.92. The summed E-state index contributed by atoms with van der Waals surface area (Å²) in [5, 5.41) is 11.0. The molecule has 1 aliphatic heterocycles. The van der Waals surface area contributed by atoms with Crippen LogP contribution in [0.3, 0.4) is 0 Å². The highest BCUT2D eigenvalue weighted by Crippen LogP contribution is 2.42. The van der Waals surface area contributed by atoms with E-state index in [2.05, 4.69) is 9.88 Å². The van der Waals surface area contributed by atoms with Crippen LogP contribution in [-0.2, 0) is 0 Å². The summed E-state index contributed by atoms with van der Waals surface area (Å²) in [7, 11) is 5.28. The van der Waals surface area contributed by atoms with Crippen molar-refractivity contribution in [2.24, 2.45) is 5.41 Å². The molecule has 0 spiro atoms. The normalized spacial score (nSPS) is 16.3. The molecule has 1 unspecified atom stereocenters. The van der Waals surface area contributed by atoms with Crippen LogP contribution < -0.4 is 14.4 Å². The molecule has 6 nitrogen and oxygen atoms in total. The summed E-state index contributed by atoms with van der Waals surface area (Å²) in [4.78, 5) is 8.41. The van der Waals surface area contributed by atoms with Gasteiger partial charge in [-0.15, -0.1) is 0 Å².